The van der Waals surface area contributed by atoms with Crippen molar-refractivity contribution in [2.24, 2.45) is 0 Å². The summed E-state index contributed by atoms with van der Waals surface area (Å²) >= 11 is 0. The van der Waals surface area contributed by atoms with Gasteiger partial charge in [0.2, 0.25) is 0 Å². The average molecular weight is 482 g/mol. The fourth-order valence-electron chi connectivity index (χ4n) is 4.74. The second kappa shape index (κ2) is 8.59. The van der Waals surface area contributed by atoms with Crippen molar-refractivity contribution in [1.29, 1.82) is 0 Å². The van der Waals surface area contributed by atoms with E-state index in [9.17, 15) is 0 Å². The lowest BCUT2D eigenvalue weighted by Gasteiger charge is -2.32. The van der Waals surface area contributed by atoms with Gasteiger partial charge in [-0.3, -0.25) is 0 Å². The van der Waals surface area contributed by atoms with E-state index >= 15 is 0 Å². The molecule has 0 spiro atoms. The molecule has 3 aromatic rings. The van der Waals surface area contributed by atoms with E-state index in [4.69, 9.17) is 18.6 Å². The summed E-state index contributed by atoms with van der Waals surface area (Å²) in [7, 11) is -0.877. The molecule has 0 amide bonds. The second-order valence-corrected chi connectivity index (χ2v) is 11.9. The maximum Gasteiger partial charge on any atom is 0.495 e. The summed E-state index contributed by atoms with van der Waals surface area (Å²) in [6.45, 7) is 16.7. The Balaban J connectivity index is 1.62. The lowest BCUT2D eigenvalue weighted by Crippen LogP contribution is -2.41. The Hall–Kier alpha value is -2.37. The Morgan fingerprint density at radius 2 is 1.00 bits per heavy atom. The molecule has 2 heterocycles. The summed E-state index contributed by atoms with van der Waals surface area (Å²) in [6.07, 6.45) is 0. The minimum atomic E-state index is -0.462. The smallest absolute Gasteiger partial charge is 0.399 e. The van der Waals surface area contributed by atoms with E-state index in [1.807, 2.05) is 6.07 Å². The molecule has 36 heavy (non-hydrogen) atoms. The summed E-state index contributed by atoms with van der Waals surface area (Å²) < 4.78 is 25.7. The van der Waals surface area contributed by atoms with Crippen LogP contribution in [0.15, 0.2) is 72.8 Å². The molecule has 0 aliphatic carbocycles. The van der Waals surface area contributed by atoms with Crippen LogP contribution in [-0.4, -0.2) is 36.6 Å². The van der Waals surface area contributed by atoms with Gasteiger partial charge < -0.3 is 18.6 Å². The minimum absolute atomic E-state index is 0.389. The molecule has 5 rings (SSSR count). The number of hydrogen-bond acceptors (Lipinski definition) is 4. The maximum atomic E-state index is 6.49. The molecule has 2 aliphatic heterocycles. The van der Waals surface area contributed by atoms with Gasteiger partial charge in [0.15, 0.2) is 0 Å². The molecule has 0 N–H and O–H groups in total. The summed E-state index contributed by atoms with van der Waals surface area (Å²) in [4.78, 5) is 0. The van der Waals surface area contributed by atoms with Crippen LogP contribution < -0.4 is 10.9 Å². The first-order chi connectivity index (χ1) is 16.8. The lowest BCUT2D eigenvalue weighted by molar-refractivity contribution is 0.00578. The minimum Gasteiger partial charge on any atom is -0.399 e. The Morgan fingerprint density at radius 3 is 1.58 bits per heavy atom. The van der Waals surface area contributed by atoms with E-state index < -0.39 is 25.4 Å². The van der Waals surface area contributed by atoms with Gasteiger partial charge in [0, 0.05) is 0 Å². The van der Waals surface area contributed by atoms with Crippen molar-refractivity contribution in [3.8, 4) is 22.3 Å². The molecule has 0 radical (unpaired) electrons. The van der Waals surface area contributed by atoms with Gasteiger partial charge in [-0.2, -0.15) is 0 Å². The highest BCUT2D eigenvalue weighted by Crippen LogP contribution is 2.40. The highest BCUT2D eigenvalue weighted by Gasteiger charge is 2.53. The van der Waals surface area contributed by atoms with Crippen LogP contribution in [0.4, 0.5) is 0 Å². The topological polar surface area (TPSA) is 36.9 Å². The van der Waals surface area contributed by atoms with Crippen LogP contribution in [0.3, 0.4) is 0 Å². The van der Waals surface area contributed by atoms with Gasteiger partial charge in [0.05, 0.1) is 22.4 Å². The molecule has 0 saturated carbocycles. The number of rotatable bonds is 4. The Morgan fingerprint density at radius 1 is 0.500 bits per heavy atom. The summed E-state index contributed by atoms with van der Waals surface area (Å²) in [5, 5.41) is 0. The van der Waals surface area contributed by atoms with Gasteiger partial charge in [-0.25, -0.2) is 0 Å². The van der Waals surface area contributed by atoms with Gasteiger partial charge in [-0.15, -0.1) is 0 Å². The van der Waals surface area contributed by atoms with Crippen LogP contribution in [0.5, 0.6) is 0 Å². The maximum absolute atomic E-state index is 6.49. The zero-order valence-electron chi connectivity index (χ0n) is 22.7. The first kappa shape index (κ1) is 25.3. The number of hydrogen-bond donors (Lipinski definition) is 0. The van der Waals surface area contributed by atoms with Crippen LogP contribution >= 0.6 is 0 Å². The van der Waals surface area contributed by atoms with Crippen molar-refractivity contribution in [2.45, 2.75) is 77.8 Å². The van der Waals surface area contributed by atoms with Gasteiger partial charge >= 0.3 is 14.2 Å². The Labute approximate surface area is 216 Å². The van der Waals surface area contributed by atoms with E-state index in [0.717, 1.165) is 33.2 Å². The SMILES string of the molecule is CC1(C)OB(c2cccc(-c3cccc(B4OC(C)(C)C(C)(C)O4)c3-c3ccccc3)c2)OC1(C)C. The largest absolute Gasteiger partial charge is 0.495 e. The van der Waals surface area contributed by atoms with Gasteiger partial charge in [-0.05, 0) is 88.6 Å². The molecular weight excluding hydrogens is 446 g/mol. The fourth-order valence-corrected chi connectivity index (χ4v) is 4.74. The zero-order valence-corrected chi connectivity index (χ0v) is 22.7. The Bertz CT molecular complexity index is 1230. The normalized spacial score (nSPS) is 21.7. The molecule has 0 atom stereocenters. The summed E-state index contributed by atoms with van der Waals surface area (Å²) in [6, 6.07) is 25.3. The van der Waals surface area contributed by atoms with E-state index in [2.05, 4.69) is 122 Å². The predicted molar refractivity (Wildman–Crippen MR) is 149 cm³/mol. The highest BCUT2D eigenvalue weighted by atomic mass is 16.7. The molecule has 2 saturated heterocycles. The van der Waals surface area contributed by atoms with Gasteiger partial charge in [-0.1, -0.05) is 72.8 Å². The van der Waals surface area contributed by atoms with Crippen LogP contribution in [0.25, 0.3) is 22.3 Å². The quantitative estimate of drug-likeness (QED) is 0.453. The van der Waals surface area contributed by atoms with E-state index in [-0.39, 0.29) is 11.2 Å². The summed E-state index contributed by atoms with van der Waals surface area (Å²) in [5.74, 6) is 0. The zero-order chi connectivity index (χ0) is 25.9. The highest BCUT2D eigenvalue weighted by molar-refractivity contribution is 6.64. The standard InChI is InChI=1S/C30H36B2O4/c1-27(2)28(3,4)34-31(33-27)23-17-12-16-22(20-23)24-18-13-19-25(26(24)21-14-10-9-11-15-21)32-35-29(5,6)30(7,8)36-32/h9-20H,1-8H3. The first-order valence-electron chi connectivity index (χ1n) is 12.8. The lowest BCUT2D eigenvalue weighted by atomic mass is 9.71. The molecule has 0 bridgehead atoms. The summed E-state index contributed by atoms with van der Waals surface area (Å²) in [5.41, 5.74) is 4.87. The van der Waals surface area contributed by atoms with Crippen molar-refractivity contribution < 1.29 is 18.6 Å². The molecule has 0 aromatic heterocycles. The molecule has 2 aliphatic rings. The molecular formula is C30H36B2O4. The molecule has 3 aromatic carbocycles. The third-order valence-corrected chi connectivity index (χ3v) is 8.39. The number of benzene rings is 3. The van der Waals surface area contributed by atoms with E-state index in [0.29, 0.717) is 0 Å². The second-order valence-electron chi connectivity index (χ2n) is 11.9. The first-order valence-corrected chi connectivity index (χ1v) is 12.8. The van der Waals surface area contributed by atoms with Crippen molar-refractivity contribution in [3.05, 3.63) is 72.8 Å². The van der Waals surface area contributed by atoms with Crippen LogP contribution in [-0.2, 0) is 18.6 Å². The monoisotopic (exact) mass is 482 g/mol. The molecule has 6 heteroatoms. The van der Waals surface area contributed by atoms with Crippen molar-refractivity contribution in [3.63, 3.8) is 0 Å². The predicted octanol–water partition coefficient (Wildman–Crippen LogP) is 5.62. The fraction of sp³-hybridized carbons (Fsp3) is 0.400. The van der Waals surface area contributed by atoms with Crippen LogP contribution in [0.2, 0.25) is 0 Å². The van der Waals surface area contributed by atoms with Gasteiger partial charge in [0.25, 0.3) is 0 Å². The van der Waals surface area contributed by atoms with Crippen molar-refractivity contribution in [2.75, 3.05) is 0 Å². The third-order valence-electron chi connectivity index (χ3n) is 8.39. The average Bonchev–Trinajstić information content (AvgIpc) is 3.18. The van der Waals surface area contributed by atoms with E-state index in [1.165, 1.54) is 0 Å². The van der Waals surface area contributed by atoms with Crippen molar-refractivity contribution >= 4 is 25.2 Å². The molecule has 186 valence electrons. The molecule has 2 fully saturated rings. The van der Waals surface area contributed by atoms with Gasteiger partial charge in [0.1, 0.15) is 0 Å². The molecule has 0 unspecified atom stereocenters. The van der Waals surface area contributed by atoms with Crippen molar-refractivity contribution in [1.82, 2.24) is 0 Å². The Kier molecular flexibility index (Phi) is 6.04. The van der Waals surface area contributed by atoms with Crippen LogP contribution in [0.1, 0.15) is 55.4 Å². The molecule has 4 nitrogen and oxygen atoms in total. The van der Waals surface area contributed by atoms with Crippen LogP contribution in [0, 0.1) is 0 Å². The van der Waals surface area contributed by atoms with E-state index in [1.54, 1.807) is 0 Å². The third kappa shape index (κ3) is 4.24.